The third-order valence-corrected chi connectivity index (χ3v) is 4.75. The molecule has 2 N–H and O–H groups in total. The van der Waals surface area contributed by atoms with Crippen molar-refractivity contribution in [1.29, 1.82) is 0 Å². The highest BCUT2D eigenvalue weighted by Crippen LogP contribution is 2.12. The zero-order valence-electron chi connectivity index (χ0n) is 9.94. The third-order valence-electron chi connectivity index (χ3n) is 2.11. The Labute approximate surface area is 115 Å². The molecule has 0 unspecified atom stereocenters. The van der Waals surface area contributed by atoms with Gasteiger partial charge in [-0.3, -0.25) is 9.52 Å². The Hall–Kier alpha value is -1.08. The molecule has 0 aromatic heterocycles. The minimum atomic E-state index is -3.33. The Bertz CT molecular complexity index is 500. The first kappa shape index (κ1) is 15.0. The maximum atomic E-state index is 11.3. The number of rotatable bonds is 6. The molecule has 0 aliphatic rings. The van der Waals surface area contributed by atoms with Crippen molar-refractivity contribution in [3.8, 4) is 0 Å². The molecule has 0 aliphatic heterocycles. The number of anilines is 1. The number of likely N-dealkylation sites (N-methyl/N-ethyl adjacent to an activating group) is 1. The van der Waals surface area contributed by atoms with Crippen LogP contribution in [0.1, 0.15) is 12.5 Å². The molecule has 18 heavy (non-hydrogen) atoms. The van der Waals surface area contributed by atoms with E-state index in [1.807, 2.05) is 6.92 Å². The summed E-state index contributed by atoms with van der Waals surface area (Å²) in [6.07, 6.45) is 0.291. The van der Waals surface area contributed by atoms with Crippen LogP contribution in [0, 0.1) is 0 Å². The molecule has 5 nitrogen and oxygen atoms in total. The molecule has 100 valence electrons. The quantitative estimate of drug-likeness (QED) is 0.773. The predicted octanol–water partition coefficient (Wildman–Crippen LogP) is 1.46. The molecule has 0 radical (unpaired) electrons. The number of halogens is 1. The second-order valence-corrected chi connectivity index (χ2v) is 6.68. The lowest BCUT2D eigenvalue weighted by atomic mass is 10.1. The average molecular weight is 335 g/mol. The lowest BCUT2D eigenvalue weighted by Crippen LogP contribution is -2.24. The predicted molar refractivity (Wildman–Crippen MR) is 75.2 cm³/mol. The van der Waals surface area contributed by atoms with Gasteiger partial charge in [-0.15, -0.1) is 0 Å². The zero-order valence-corrected chi connectivity index (χ0v) is 12.3. The SMILES string of the molecule is CCNC(=O)Cc1ccc(NS(=O)(=O)CBr)cc1. The van der Waals surface area contributed by atoms with Crippen LogP contribution in [-0.2, 0) is 21.2 Å². The number of benzene rings is 1. The van der Waals surface area contributed by atoms with Crippen LogP contribution in [0.25, 0.3) is 0 Å². The molecule has 0 bridgehead atoms. The highest BCUT2D eigenvalue weighted by molar-refractivity contribution is 9.10. The summed E-state index contributed by atoms with van der Waals surface area (Å²) in [6, 6.07) is 6.71. The van der Waals surface area contributed by atoms with Crippen molar-refractivity contribution in [3.05, 3.63) is 29.8 Å². The Balaban J connectivity index is 2.66. The summed E-state index contributed by atoms with van der Waals surface area (Å²) in [5, 5.41) is 2.70. The number of hydrogen-bond donors (Lipinski definition) is 2. The summed E-state index contributed by atoms with van der Waals surface area (Å²) in [5.41, 5.74) is 1.32. The van der Waals surface area contributed by atoms with E-state index in [0.29, 0.717) is 18.7 Å². The molecule has 1 aromatic carbocycles. The summed E-state index contributed by atoms with van der Waals surface area (Å²) in [7, 11) is -3.33. The van der Waals surface area contributed by atoms with Crippen molar-refractivity contribution in [1.82, 2.24) is 5.32 Å². The Kier molecular flexibility index (Phi) is 5.61. The van der Waals surface area contributed by atoms with Gasteiger partial charge in [0, 0.05) is 12.2 Å². The molecular weight excluding hydrogens is 320 g/mol. The molecule has 0 atom stereocenters. The Morgan fingerprint density at radius 2 is 1.89 bits per heavy atom. The van der Waals surface area contributed by atoms with Gasteiger partial charge in [-0.05, 0) is 24.6 Å². The van der Waals surface area contributed by atoms with E-state index in [4.69, 9.17) is 0 Å². The number of amides is 1. The topological polar surface area (TPSA) is 75.3 Å². The number of carbonyl (C=O) groups is 1. The van der Waals surface area contributed by atoms with Gasteiger partial charge in [0.15, 0.2) is 0 Å². The van der Waals surface area contributed by atoms with Crippen molar-refractivity contribution in [3.63, 3.8) is 0 Å². The number of sulfonamides is 1. The molecule has 0 aliphatic carbocycles. The first-order valence-electron chi connectivity index (χ1n) is 5.39. The van der Waals surface area contributed by atoms with Crippen LogP contribution in [0.4, 0.5) is 5.69 Å². The Morgan fingerprint density at radius 3 is 2.39 bits per heavy atom. The third kappa shape index (κ3) is 5.05. The molecule has 0 saturated heterocycles. The van der Waals surface area contributed by atoms with E-state index in [1.165, 1.54) is 0 Å². The van der Waals surface area contributed by atoms with Crippen LogP contribution in [0.5, 0.6) is 0 Å². The fourth-order valence-corrected chi connectivity index (χ4v) is 2.24. The van der Waals surface area contributed by atoms with Crippen molar-refractivity contribution in [2.24, 2.45) is 0 Å². The number of nitrogens with one attached hydrogen (secondary N) is 2. The van der Waals surface area contributed by atoms with Crippen LogP contribution < -0.4 is 10.0 Å². The molecule has 0 spiro atoms. The van der Waals surface area contributed by atoms with E-state index in [2.05, 4.69) is 26.0 Å². The standard InChI is InChI=1S/C11H15BrN2O3S/c1-2-13-11(15)7-9-3-5-10(6-4-9)14-18(16,17)8-12/h3-6,14H,2,7-8H2,1H3,(H,13,15). The lowest BCUT2D eigenvalue weighted by molar-refractivity contribution is -0.120. The normalized spacial score (nSPS) is 11.0. The maximum absolute atomic E-state index is 11.3. The molecule has 7 heteroatoms. The molecule has 0 fully saturated rings. The summed E-state index contributed by atoms with van der Waals surface area (Å²) in [4.78, 5) is 11.3. The summed E-state index contributed by atoms with van der Waals surface area (Å²) in [6.45, 7) is 2.46. The van der Waals surface area contributed by atoms with Gasteiger partial charge in [0.2, 0.25) is 15.9 Å². The van der Waals surface area contributed by atoms with Gasteiger partial charge >= 0.3 is 0 Å². The van der Waals surface area contributed by atoms with Gasteiger partial charge in [0.25, 0.3) is 0 Å². The average Bonchev–Trinajstić information content (AvgIpc) is 2.32. The van der Waals surface area contributed by atoms with E-state index in [-0.39, 0.29) is 10.6 Å². The minimum absolute atomic E-state index is 0.0497. The summed E-state index contributed by atoms with van der Waals surface area (Å²) < 4.78 is 24.8. The molecule has 1 aromatic rings. The molecule has 1 rings (SSSR count). The van der Waals surface area contributed by atoms with Gasteiger partial charge in [-0.2, -0.15) is 0 Å². The van der Waals surface area contributed by atoms with Crippen LogP contribution in [-0.4, -0.2) is 25.5 Å². The largest absolute Gasteiger partial charge is 0.356 e. The fourth-order valence-electron chi connectivity index (χ4n) is 1.34. The van der Waals surface area contributed by atoms with Crippen LogP contribution in [0.3, 0.4) is 0 Å². The monoisotopic (exact) mass is 334 g/mol. The van der Waals surface area contributed by atoms with E-state index < -0.39 is 10.0 Å². The van der Waals surface area contributed by atoms with Gasteiger partial charge < -0.3 is 5.32 Å². The molecule has 0 saturated carbocycles. The van der Waals surface area contributed by atoms with E-state index >= 15 is 0 Å². The van der Waals surface area contributed by atoms with Gasteiger partial charge in [-0.1, -0.05) is 28.1 Å². The number of alkyl halides is 1. The van der Waals surface area contributed by atoms with E-state index in [1.54, 1.807) is 24.3 Å². The van der Waals surface area contributed by atoms with E-state index in [0.717, 1.165) is 5.56 Å². The number of hydrogen-bond acceptors (Lipinski definition) is 3. The maximum Gasteiger partial charge on any atom is 0.242 e. The van der Waals surface area contributed by atoms with Crippen molar-refractivity contribution in [2.75, 3.05) is 15.9 Å². The minimum Gasteiger partial charge on any atom is -0.356 e. The van der Waals surface area contributed by atoms with Crippen molar-refractivity contribution >= 4 is 37.5 Å². The summed E-state index contributed by atoms with van der Waals surface area (Å²) in [5.74, 6) is -0.0497. The van der Waals surface area contributed by atoms with Gasteiger partial charge in [0.05, 0.1) is 6.42 Å². The second kappa shape index (κ2) is 6.75. The van der Waals surface area contributed by atoms with E-state index in [9.17, 15) is 13.2 Å². The first-order chi connectivity index (χ1) is 8.46. The van der Waals surface area contributed by atoms with Crippen LogP contribution in [0.2, 0.25) is 0 Å². The van der Waals surface area contributed by atoms with Gasteiger partial charge in [0.1, 0.15) is 4.66 Å². The zero-order chi connectivity index (χ0) is 13.6. The molecule has 1 amide bonds. The fraction of sp³-hybridized carbons (Fsp3) is 0.364. The summed E-state index contributed by atoms with van der Waals surface area (Å²) >= 11 is 2.89. The lowest BCUT2D eigenvalue weighted by Gasteiger charge is -2.06. The highest BCUT2D eigenvalue weighted by atomic mass is 79.9. The van der Waals surface area contributed by atoms with Gasteiger partial charge in [-0.25, -0.2) is 8.42 Å². The Morgan fingerprint density at radius 1 is 1.28 bits per heavy atom. The van der Waals surface area contributed by atoms with Crippen LogP contribution in [0.15, 0.2) is 24.3 Å². The molecule has 0 heterocycles. The second-order valence-electron chi connectivity index (χ2n) is 3.65. The van der Waals surface area contributed by atoms with Crippen molar-refractivity contribution in [2.45, 2.75) is 13.3 Å². The molecular formula is C11H15BrN2O3S. The first-order valence-corrected chi connectivity index (χ1v) is 8.16. The smallest absolute Gasteiger partial charge is 0.242 e. The number of carbonyl (C=O) groups excluding carboxylic acids is 1. The van der Waals surface area contributed by atoms with Crippen molar-refractivity contribution < 1.29 is 13.2 Å². The highest BCUT2D eigenvalue weighted by Gasteiger charge is 2.08. The van der Waals surface area contributed by atoms with Crippen LogP contribution >= 0.6 is 15.9 Å².